The third-order valence-electron chi connectivity index (χ3n) is 5.72. The molecule has 0 aliphatic carbocycles. The Labute approximate surface area is 213 Å². The zero-order valence-corrected chi connectivity index (χ0v) is 21.0. The summed E-state index contributed by atoms with van der Waals surface area (Å²) in [7, 11) is -2.74. The van der Waals surface area contributed by atoms with E-state index < -0.39 is 22.0 Å². The van der Waals surface area contributed by atoms with Gasteiger partial charge in [-0.05, 0) is 48.4 Å². The number of carbonyl (C=O) groups excluding carboxylic acids is 2. The number of hydrogen-bond acceptors (Lipinski definition) is 5. The zero-order valence-electron chi connectivity index (χ0n) is 18.7. The Morgan fingerprint density at radius 3 is 2.54 bits per heavy atom. The van der Waals surface area contributed by atoms with Crippen LogP contribution in [0, 0.1) is 0 Å². The molecule has 8 nitrogen and oxygen atoms in total. The molecule has 1 atom stereocenters. The average Bonchev–Trinajstić information content (AvgIpc) is 2.84. The standard InChI is InChI=1S/C24H22Cl2N4O4S/c1-29(14-11-16-9-12-27-13-10-16)22(31)15-20-24(32)28-18-6-2-3-7-19(18)30(20)35(33,34)21-8-4-5-17(25)23(21)26/h2-10,12-13,20H,11,14-15H2,1H3,(H,28,32)/t20-/m1/s1. The second kappa shape index (κ2) is 10.2. The molecule has 2 heterocycles. The summed E-state index contributed by atoms with van der Waals surface area (Å²) in [4.78, 5) is 31.4. The molecule has 0 spiro atoms. The summed E-state index contributed by atoms with van der Waals surface area (Å²) in [6, 6.07) is 13.1. The lowest BCUT2D eigenvalue weighted by Gasteiger charge is -2.37. The molecule has 0 saturated heterocycles. The number of anilines is 2. The second-order valence-electron chi connectivity index (χ2n) is 8.00. The minimum atomic E-state index is -4.36. The number of pyridine rings is 1. The van der Waals surface area contributed by atoms with E-state index >= 15 is 0 Å². The first-order valence-electron chi connectivity index (χ1n) is 10.7. The fraction of sp³-hybridized carbons (Fsp3) is 0.208. The van der Waals surface area contributed by atoms with E-state index in [2.05, 4.69) is 10.3 Å². The van der Waals surface area contributed by atoms with Crippen LogP contribution in [0.25, 0.3) is 0 Å². The van der Waals surface area contributed by atoms with E-state index in [-0.39, 0.29) is 33.0 Å². The molecule has 0 unspecified atom stereocenters. The molecule has 0 radical (unpaired) electrons. The maximum absolute atomic E-state index is 13.8. The number of nitrogens with one attached hydrogen (secondary N) is 1. The van der Waals surface area contributed by atoms with Crippen LogP contribution in [-0.4, -0.2) is 49.8 Å². The Balaban J connectivity index is 1.66. The Bertz CT molecular complexity index is 1370. The van der Waals surface area contributed by atoms with Crippen molar-refractivity contribution in [1.82, 2.24) is 9.88 Å². The number of nitrogens with zero attached hydrogens (tertiary/aromatic N) is 3. The molecule has 11 heteroatoms. The zero-order chi connectivity index (χ0) is 25.2. The van der Waals surface area contributed by atoms with E-state index in [0.29, 0.717) is 18.7 Å². The number of rotatable bonds is 7. The van der Waals surface area contributed by atoms with Gasteiger partial charge < -0.3 is 10.2 Å². The van der Waals surface area contributed by atoms with Gasteiger partial charge >= 0.3 is 0 Å². The number of carbonyl (C=O) groups is 2. The molecule has 0 saturated carbocycles. The Hall–Kier alpha value is -3.14. The normalized spacial score (nSPS) is 15.3. The van der Waals surface area contributed by atoms with Crippen molar-refractivity contribution in [2.75, 3.05) is 23.2 Å². The molecule has 1 aliphatic rings. The smallest absolute Gasteiger partial charge is 0.266 e. The maximum Gasteiger partial charge on any atom is 0.266 e. The van der Waals surface area contributed by atoms with E-state index in [9.17, 15) is 18.0 Å². The summed E-state index contributed by atoms with van der Waals surface area (Å²) in [5, 5.41) is 2.62. The Morgan fingerprint density at radius 1 is 1.09 bits per heavy atom. The highest BCUT2D eigenvalue weighted by atomic mass is 35.5. The van der Waals surface area contributed by atoms with Crippen LogP contribution in [-0.2, 0) is 26.0 Å². The molecule has 4 rings (SSSR count). The first kappa shape index (κ1) is 25.0. The van der Waals surface area contributed by atoms with Gasteiger partial charge in [0.05, 0.1) is 27.8 Å². The van der Waals surface area contributed by atoms with E-state index in [1.807, 2.05) is 12.1 Å². The number of halogens is 2. The van der Waals surface area contributed by atoms with Crippen molar-refractivity contribution >= 4 is 56.4 Å². The van der Waals surface area contributed by atoms with Gasteiger partial charge in [-0.2, -0.15) is 0 Å². The summed E-state index contributed by atoms with van der Waals surface area (Å²) >= 11 is 12.3. The first-order valence-corrected chi connectivity index (χ1v) is 12.9. The molecule has 2 aromatic carbocycles. The number of benzene rings is 2. The van der Waals surface area contributed by atoms with Crippen molar-refractivity contribution in [2.24, 2.45) is 0 Å². The lowest BCUT2D eigenvalue weighted by atomic mass is 10.1. The van der Waals surface area contributed by atoms with Crippen LogP contribution in [0.4, 0.5) is 11.4 Å². The van der Waals surface area contributed by atoms with Crippen LogP contribution in [0.15, 0.2) is 71.9 Å². The molecule has 35 heavy (non-hydrogen) atoms. The quantitative estimate of drug-likeness (QED) is 0.495. The molecule has 1 aromatic heterocycles. The van der Waals surface area contributed by atoms with Gasteiger partial charge in [0, 0.05) is 26.0 Å². The number of fused-ring (bicyclic) bond motifs is 1. The summed E-state index contributed by atoms with van der Waals surface area (Å²) in [6.07, 6.45) is 3.57. The monoisotopic (exact) mass is 532 g/mol. The number of aromatic nitrogens is 1. The average molecular weight is 533 g/mol. The molecular formula is C24H22Cl2N4O4S. The molecule has 0 fully saturated rings. The Kier molecular flexibility index (Phi) is 7.30. The van der Waals surface area contributed by atoms with Gasteiger partial charge in [0.2, 0.25) is 11.8 Å². The SMILES string of the molecule is CN(CCc1ccncc1)C(=O)C[C@@H]1C(=O)Nc2ccccc2N1S(=O)(=O)c1cccc(Cl)c1Cl. The van der Waals surface area contributed by atoms with Gasteiger partial charge in [-0.1, -0.05) is 41.4 Å². The number of likely N-dealkylation sites (N-methyl/N-ethyl adjacent to an activating group) is 1. The van der Waals surface area contributed by atoms with Crippen molar-refractivity contribution in [3.05, 3.63) is 82.6 Å². The number of hydrogen-bond donors (Lipinski definition) is 1. The number of amides is 2. The van der Waals surface area contributed by atoms with Crippen LogP contribution >= 0.6 is 23.2 Å². The summed E-state index contributed by atoms with van der Waals surface area (Å²) in [6.45, 7) is 0.390. The summed E-state index contributed by atoms with van der Waals surface area (Å²) in [5.74, 6) is -0.989. The van der Waals surface area contributed by atoms with Gasteiger partial charge in [-0.3, -0.25) is 18.9 Å². The summed E-state index contributed by atoms with van der Waals surface area (Å²) in [5.41, 5.74) is 1.55. The maximum atomic E-state index is 13.8. The van der Waals surface area contributed by atoms with Gasteiger partial charge in [-0.25, -0.2) is 8.42 Å². The van der Waals surface area contributed by atoms with Crippen LogP contribution < -0.4 is 9.62 Å². The highest BCUT2D eigenvalue weighted by molar-refractivity contribution is 7.93. The van der Waals surface area contributed by atoms with Crippen molar-refractivity contribution in [1.29, 1.82) is 0 Å². The number of sulfonamides is 1. The molecule has 2 amide bonds. The van der Waals surface area contributed by atoms with Crippen molar-refractivity contribution in [2.45, 2.75) is 23.8 Å². The van der Waals surface area contributed by atoms with Crippen LogP contribution in [0.1, 0.15) is 12.0 Å². The third kappa shape index (κ3) is 5.12. The molecule has 1 aliphatic heterocycles. The van der Waals surface area contributed by atoms with E-state index in [1.54, 1.807) is 43.7 Å². The van der Waals surface area contributed by atoms with Crippen molar-refractivity contribution in [3.8, 4) is 0 Å². The van der Waals surface area contributed by atoms with Gasteiger partial charge in [0.25, 0.3) is 10.0 Å². The van der Waals surface area contributed by atoms with E-state index in [1.165, 1.54) is 23.1 Å². The van der Waals surface area contributed by atoms with Crippen molar-refractivity contribution < 1.29 is 18.0 Å². The Morgan fingerprint density at radius 2 is 1.80 bits per heavy atom. The van der Waals surface area contributed by atoms with Crippen molar-refractivity contribution in [3.63, 3.8) is 0 Å². The van der Waals surface area contributed by atoms with Crippen LogP contribution in [0.5, 0.6) is 0 Å². The molecule has 182 valence electrons. The van der Waals surface area contributed by atoms with Gasteiger partial charge in [0.1, 0.15) is 10.9 Å². The third-order valence-corrected chi connectivity index (χ3v) is 8.51. The van der Waals surface area contributed by atoms with Gasteiger partial charge in [-0.15, -0.1) is 0 Å². The highest BCUT2D eigenvalue weighted by Gasteiger charge is 2.43. The van der Waals surface area contributed by atoms with E-state index in [0.717, 1.165) is 9.87 Å². The predicted molar refractivity (Wildman–Crippen MR) is 135 cm³/mol. The molecule has 3 aromatic rings. The number of para-hydroxylation sites is 2. The highest BCUT2D eigenvalue weighted by Crippen LogP contribution is 2.40. The molecule has 1 N–H and O–H groups in total. The first-order chi connectivity index (χ1) is 16.7. The minimum absolute atomic E-state index is 0.0611. The van der Waals surface area contributed by atoms with Crippen LogP contribution in [0.3, 0.4) is 0 Å². The molecular weight excluding hydrogens is 511 g/mol. The van der Waals surface area contributed by atoms with E-state index in [4.69, 9.17) is 23.2 Å². The second-order valence-corrected chi connectivity index (χ2v) is 10.6. The minimum Gasteiger partial charge on any atom is -0.345 e. The predicted octanol–water partition coefficient (Wildman–Crippen LogP) is 4.00. The molecule has 0 bridgehead atoms. The fourth-order valence-corrected chi connectivity index (χ4v) is 6.19. The fourth-order valence-electron chi connectivity index (χ4n) is 3.82. The lowest BCUT2D eigenvalue weighted by molar-refractivity contribution is -0.132. The lowest BCUT2D eigenvalue weighted by Crippen LogP contribution is -2.53. The van der Waals surface area contributed by atoms with Gasteiger partial charge in [0.15, 0.2) is 0 Å². The van der Waals surface area contributed by atoms with Crippen LogP contribution in [0.2, 0.25) is 10.0 Å². The topological polar surface area (TPSA) is 99.7 Å². The largest absolute Gasteiger partial charge is 0.345 e. The summed E-state index contributed by atoms with van der Waals surface area (Å²) < 4.78 is 28.6.